The Labute approximate surface area is 76.8 Å². The minimum atomic E-state index is 0.684. The summed E-state index contributed by atoms with van der Waals surface area (Å²) in [7, 11) is 0.684. The number of nitrogens with zero attached hydrogens (tertiary/aromatic N) is 2. The molecule has 0 N–H and O–H groups in total. The van der Waals surface area contributed by atoms with Crippen molar-refractivity contribution in [3.05, 3.63) is 0 Å². The summed E-state index contributed by atoms with van der Waals surface area (Å²) in [6.07, 6.45) is 3.19. The van der Waals surface area contributed by atoms with Crippen molar-refractivity contribution in [2.24, 2.45) is 4.99 Å². The van der Waals surface area contributed by atoms with Crippen LogP contribution in [0.2, 0.25) is 6.04 Å². The fourth-order valence-electron chi connectivity index (χ4n) is 1.12. The molecule has 0 spiro atoms. The molecular weight excluding hydrogens is 168 g/mol. The summed E-state index contributed by atoms with van der Waals surface area (Å²) in [5.74, 6) is 0. The molecule has 4 heteroatoms. The Hall–Kier alpha value is -0.353. The number of hydrogen-bond acceptors (Lipinski definition) is 3. The van der Waals surface area contributed by atoms with Gasteiger partial charge in [0.25, 0.3) is 0 Å². The predicted molar refractivity (Wildman–Crippen MR) is 51.7 cm³/mol. The van der Waals surface area contributed by atoms with E-state index in [1.165, 1.54) is 12.5 Å². The van der Waals surface area contributed by atoms with Crippen LogP contribution in [0.3, 0.4) is 0 Å². The minimum absolute atomic E-state index is 0.684. The summed E-state index contributed by atoms with van der Waals surface area (Å²) >= 11 is 0. The maximum absolute atomic E-state index is 5.27. The lowest BCUT2D eigenvalue weighted by atomic mass is 10.4. The van der Waals surface area contributed by atoms with Crippen LogP contribution in [0.4, 0.5) is 0 Å². The highest BCUT2D eigenvalue weighted by Gasteiger charge is 2.03. The van der Waals surface area contributed by atoms with Crippen LogP contribution in [0, 0.1) is 0 Å². The summed E-state index contributed by atoms with van der Waals surface area (Å²) in [5, 5.41) is 0. The molecule has 0 fully saturated rings. The van der Waals surface area contributed by atoms with Gasteiger partial charge >= 0.3 is 0 Å². The molecule has 0 atom stereocenters. The lowest BCUT2D eigenvalue weighted by Crippen LogP contribution is -2.21. The molecule has 0 aliphatic carbocycles. The van der Waals surface area contributed by atoms with E-state index in [0.717, 1.165) is 26.2 Å². The van der Waals surface area contributed by atoms with E-state index in [-0.39, 0.29) is 0 Å². The van der Waals surface area contributed by atoms with E-state index in [2.05, 4.69) is 9.89 Å². The number of hydrogen-bond donors (Lipinski definition) is 0. The van der Waals surface area contributed by atoms with Gasteiger partial charge in [-0.15, -0.1) is 0 Å². The second-order valence-electron chi connectivity index (χ2n) is 2.74. The topological polar surface area (TPSA) is 24.8 Å². The largest absolute Gasteiger partial charge is 0.418 e. The number of aliphatic imine (C=N–C) groups is 1. The Balaban J connectivity index is 1.85. The lowest BCUT2D eigenvalue weighted by Gasteiger charge is -2.12. The van der Waals surface area contributed by atoms with Gasteiger partial charge in [0, 0.05) is 19.7 Å². The van der Waals surface area contributed by atoms with Gasteiger partial charge in [0.1, 0.15) is 0 Å². The van der Waals surface area contributed by atoms with Crippen molar-refractivity contribution >= 4 is 16.1 Å². The van der Waals surface area contributed by atoms with Crippen LogP contribution in [0.1, 0.15) is 13.3 Å². The van der Waals surface area contributed by atoms with E-state index in [1.54, 1.807) is 0 Å². The van der Waals surface area contributed by atoms with E-state index < -0.39 is 0 Å². The average Bonchev–Trinajstić information content (AvgIpc) is 2.57. The fraction of sp³-hybridized carbons (Fsp3) is 0.875. The summed E-state index contributed by atoms with van der Waals surface area (Å²) in [4.78, 5) is 6.43. The van der Waals surface area contributed by atoms with Crippen molar-refractivity contribution in [3.8, 4) is 0 Å². The maximum atomic E-state index is 5.27. The molecular formula is C8H16N2OSi. The first-order valence-corrected chi connectivity index (χ1v) is 5.63. The van der Waals surface area contributed by atoms with Crippen molar-refractivity contribution in [1.82, 2.24) is 4.90 Å². The van der Waals surface area contributed by atoms with E-state index in [1.807, 2.05) is 13.3 Å². The molecule has 0 saturated heterocycles. The van der Waals surface area contributed by atoms with Crippen LogP contribution in [-0.4, -0.2) is 47.2 Å². The van der Waals surface area contributed by atoms with Crippen LogP contribution in [0.15, 0.2) is 4.99 Å². The van der Waals surface area contributed by atoms with Crippen LogP contribution in [0.5, 0.6) is 0 Å². The second kappa shape index (κ2) is 6.19. The average molecular weight is 184 g/mol. The zero-order valence-electron chi connectivity index (χ0n) is 7.62. The van der Waals surface area contributed by atoms with E-state index in [4.69, 9.17) is 4.43 Å². The first-order valence-electron chi connectivity index (χ1n) is 4.52. The third-order valence-corrected chi connectivity index (χ3v) is 2.78. The molecule has 1 aliphatic rings. The minimum Gasteiger partial charge on any atom is -0.418 e. The Bertz CT molecular complexity index is 141. The van der Waals surface area contributed by atoms with E-state index >= 15 is 0 Å². The second-order valence-corrected chi connectivity index (χ2v) is 3.82. The Morgan fingerprint density at radius 2 is 2.58 bits per heavy atom. The molecule has 2 radical (unpaired) electrons. The normalized spacial score (nSPS) is 15.9. The SMILES string of the molecule is CCO[Si]CCCN1C=NCC1. The van der Waals surface area contributed by atoms with Gasteiger partial charge in [-0.25, -0.2) is 0 Å². The van der Waals surface area contributed by atoms with Gasteiger partial charge < -0.3 is 9.33 Å². The van der Waals surface area contributed by atoms with Gasteiger partial charge in [-0.05, 0) is 19.4 Å². The lowest BCUT2D eigenvalue weighted by molar-refractivity contribution is 0.357. The van der Waals surface area contributed by atoms with Crippen molar-refractivity contribution in [2.75, 3.05) is 26.2 Å². The third-order valence-electron chi connectivity index (χ3n) is 1.73. The molecule has 0 aromatic rings. The van der Waals surface area contributed by atoms with Crippen LogP contribution in [-0.2, 0) is 4.43 Å². The van der Waals surface area contributed by atoms with Gasteiger partial charge in [-0.1, -0.05) is 0 Å². The fourth-order valence-corrected chi connectivity index (χ4v) is 1.77. The van der Waals surface area contributed by atoms with Crippen LogP contribution < -0.4 is 0 Å². The van der Waals surface area contributed by atoms with Crippen LogP contribution >= 0.6 is 0 Å². The molecule has 0 aromatic carbocycles. The highest BCUT2D eigenvalue weighted by atomic mass is 28.2. The monoisotopic (exact) mass is 184 g/mol. The van der Waals surface area contributed by atoms with Crippen molar-refractivity contribution in [2.45, 2.75) is 19.4 Å². The first kappa shape index (κ1) is 9.73. The Kier molecular flexibility index (Phi) is 5.02. The molecule has 3 nitrogen and oxygen atoms in total. The third kappa shape index (κ3) is 3.87. The zero-order valence-corrected chi connectivity index (χ0v) is 8.62. The van der Waals surface area contributed by atoms with Crippen molar-refractivity contribution in [3.63, 3.8) is 0 Å². The first-order chi connectivity index (χ1) is 5.93. The van der Waals surface area contributed by atoms with Gasteiger partial charge in [-0.3, -0.25) is 4.99 Å². The van der Waals surface area contributed by atoms with Gasteiger partial charge in [0.15, 0.2) is 0 Å². The van der Waals surface area contributed by atoms with E-state index in [0.29, 0.717) is 9.76 Å². The molecule has 1 rings (SSSR count). The van der Waals surface area contributed by atoms with Crippen molar-refractivity contribution < 1.29 is 4.43 Å². The standard InChI is InChI=1S/C8H16N2OSi/c1-2-11-12-7-3-5-10-6-4-9-8-10/h8H,2-7H2,1H3. The molecule has 1 heterocycles. The zero-order chi connectivity index (χ0) is 8.65. The molecule has 0 unspecified atom stereocenters. The predicted octanol–water partition coefficient (Wildman–Crippen LogP) is 0.794. The Morgan fingerprint density at radius 3 is 3.25 bits per heavy atom. The molecule has 0 aromatic heterocycles. The number of rotatable bonds is 6. The maximum Gasteiger partial charge on any atom is 0.229 e. The highest BCUT2D eigenvalue weighted by molar-refractivity contribution is 6.26. The van der Waals surface area contributed by atoms with Crippen molar-refractivity contribution in [1.29, 1.82) is 0 Å². The Morgan fingerprint density at radius 1 is 1.67 bits per heavy atom. The molecule has 1 aliphatic heterocycles. The molecule has 0 amide bonds. The molecule has 0 saturated carbocycles. The van der Waals surface area contributed by atoms with Crippen LogP contribution in [0.25, 0.3) is 0 Å². The van der Waals surface area contributed by atoms with E-state index in [9.17, 15) is 0 Å². The van der Waals surface area contributed by atoms with Gasteiger partial charge in [0.05, 0.1) is 12.9 Å². The summed E-state index contributed by atoms with van der Waals surface area (Å²) in [5.41, 5.74) is 0. The smallest absolute Gasteiger partial charge is 0.229 e. The molecule has 12 heavy (non-hydrogen) atoms. The quantitative estimate of drug-likeness (QED) is 0.450. The highest BCUT2D eigenvalue weighted by Crippen LogP contribution is 1.97. The summed E-state index contributed by atoms with van der Waals surface area (Å²) in [6, 6.07) is 1.19. The molecule has 0 bridgehead atoms. The van der Waals surface area contributed by atoms with Gasteiger partial charge in [-0.2, -0.15) is 0 Å². The summed E-state index contributed by atoms with van der Waals surface area (Å²) in [6.45, 7) is 6.12. The van der Waals surface area contributed by atoms with Gasteiger partial charge in [0.2, 0.25) is 9.76 Å². The summed E-state index contributed by atoms with van der Waals surface area (Å²) < 4.78 is 5.27. The molecule has 68 valence electrons.